The quantitative estimate of drug-likeness (QED) is 0.679. The number of amides is 1. The van der Waals surface area contributed by atoms with Gasteiger partial charge in [-0.3, -0.25) is 4.79 Å². The second kappa shape index (κ2) is 7.72. The van der Waals surface area contributed by atoms with Crippen LogP contribution in [0.3, 0.4) is 0 Å². The van der Waals surface area contributed by atoms with E-state index in [1.807, 2.05) is 24.3 Å². The fourth-order valence-electron chi connectivity index (χ4n) is 3.45. The zero-order valence-corrected chi connectivity index (χ0v) is 15.6. The smallest absolute Gasteiger partial charge is 0.209 e. The molecule has 0 radical (unpaired) electrons. The van der Waals surface area contributed by atoms with Crippen LogP contribution in [-0.2, 0) is 16.0 Å². The number of halogens is 1. The van der Waals surface area contributed by atoms with Crippen LogP contribution >= 0.6 is 11.6 Å². The van der Waals surface area contributed by atoms with Crippen molar-refractivity contribution in [2.45, 2.75) is 12.5 Å². The second-order valence-electron chi connectivity index (χ2n) is 6.71. The Morgan fingerprint density at radius 1 is 1.19 bits per heavy atom. The van der Waals surface area contributed by atoms with Gasteiger partial charge in [0.2, 0.25) is 6.41 Å². The molecule has 2 aromatic carbocycles. The van der Waals surface area contributed by atoms with E-state index in [0.717, 1.165) is 34.2 Å². The van der Waals surface area contributed by atoms with Crippen molar-refractivity contribution in [3.8, 4) is 11.1 Å². The molecule has 140 valence electrons. The molecule has 6 heteroatoms. The highest BCUT2D eigenvalue weighted by molar-refractivity contribution is 6.35. The van der Waals surface area contributed by atoms with Crippen LogP contribution in [0, 0.1) is 0 Å². The minimum Gasteiger partial charge on any atom is -0.459 e. The SMILES string of the molecule is NCCc1cc2cc(-c3ccc(C4CN(C=O)CCO4)cc3)cc(Cl)c2o1. The molecule has 1 aliphatic rings. The summed E-state index contributed by atoms with van der Waals surface area (Å²) in [4.78, 5) is 12.7. The predicted molar refractivity (Wildman–Crippen MR) is 106 cm³/mol. The molecule has 27 heavy (non-hydrogen) atoms. The zero-order chi connectivity index (χ0) is 18.8. The van der Waals surface area contributed by atoms with Gasteiger partial charge in [-0.1, -0.05) is 35.9 Å². The molecule has 1 atom stereocenters. The lowest BCUT2D eigenvalue weighted by atomic mass is 10.00. The van der Waals surface area contributed by atoms with E-state index < -0.39 is 0 Å². The maximum Gasteiger partial charge on any atom is 0.209 e. The van der Waals surface area contributed by atoms with Crippen LogP contribution in [0.2, 0.25) is 5.02 Å². The topological polar surface area (TPSA) is 68.7 Å². The molecule has 1 saturated heterocycles. The number of carbonyl (C=O) groups is 1. The highest BCUT2D eigenvalue weighted by Gasteiger charge is 2.21. The zero-order valence-electron chi connectivity index (χ0n) is 14.9. The Morgan fingerprint density at radius 3 is 2.74 bits per heavy atom. The monoisotopic (exact) mass is 384 g/mol. The number of carbonyl (C=O) groups excluding carboxylic acids is 1. The van der Waals surface area contributed by atoms with Gasteiger partial charge in [-0.25, -0.2) is 0 Å². The van der Waals surface area contributed by atoms with E-state index >= 15 is 0 Å². The Bertz CT molecular complexity index is 952. The molecule has 5 nitrogen and oxygen atoms in total. The van der Waals surface area contributed by atoms with Gasteiger partial charge in [0.25, 0.3) is 0 Å². The number of ether oxygens (including phenoxy) is 1. The van der Waals surface area contributed by atoms with Crippen molar-refractivity contribution >= 4 is 29.0 Å². The van der Waals surface area contributed by atoms with Crippen molar-refractivity contribution in [2.24, 2.45) is 5.73 Å². The summed E-state index contributed by atoms with van der Waals surface area (Å²) in [6.45, 7) is 2.33. The van der Waals surface area contributed by atoms with E-state index in [4.69, 9.17) is 26.5 Å². The molecule has 1 fully saturated rings. The number of hydrogen-bond donors (Lipinski definition) is 1. The van der Waals surface area contributed by atoms with Crippen LogP contribution in [0.25, 0.3) is 22.1 Å². The minimum absolute atomic E-state index is 0.0863. The van der Waals surface area contributed by atoms with Crippen molar-refractivity contribution < 1.29 is 13.9 Å². The van der Waals surface area contributed by atoms with Gasteiger partial charge in [-0.05, 0) is 41.4 Å². The highest BCUT2D eigenvalue weighted by atomic mass is 35.5. The molecule has 0 bridgehead atoms. The molecule has 1 aromatic heterocycles. The fourth-order valence-corrected chi connectivity index (χ4v) is 3.72. The summed E-state index contributed by atoms with van der Waals surface area (Å²) in [5.41, 5.74) is 9.46. The third-order valence-corrected chi connectivity index (χ3v) is 5.16. The number of hydrogen-bond acceptors (Lipinski definition) is 4. The summed E-state index contributed by atoms with van der Waals surface area (Å²) in [5, 5.41) is 1.56. The first-order valence-electron chi connectivity index (χ1n) is 9.01. The number of rotatable bonds is 5. The third kappa shape index (κ3) is 3.72. The van der Waals surface area contributed by atoms with Crippen molar-refractivity contribution in [1.29, 1.82) is 0 Å². The van der Waals surface area contributed by atoms with Crippen LogP contribution in [0.15, 0.2) is 46.9 Å². The summed E-state index contributed by atoms with van der Waals surface area (Å²) in [6.07, 6.45) is 1.48. The number of furan rings is 1. The van der Waals surface area contributed by atoms with Gasteiger partial charge >= 0.3 is 0 Å². The highest BCUT2D eigenvalue weighted by Crippen LogP contribution is 2.33. The number of benzene rings is 2. The number of nitrogens with zero attached hydrogens (tertiary/aromatic N) is 1. The van der Waals surface area contributed by atoms with E-state index in [-0.39, 0.29) is 6.10 Å². The average molecular weight is 385 g/mol. The molecule has 2 heterocycles. The van der Waals surface area contributed by atoms with E-state index in [1.165, 1.54) is 0 Å². The fraction of sp³-hybridized carbons (Fsp3) is 0.286. The van der Waals surface area contributed by atoms with E-state index in [0.29, 0.717) is 43.3 Å². The maximum absolute atomic E-state index is 11.0. The van der Waals surface area contributed by atoms with Crippen LogP contribution in [0.5, 0.6) is 0 Å². The van der Waals surface area contributed by atoms with Crippen LogP contribution in [-0.4, -0.2) is 37.6 Å². The summed E-state index contributed by atoms with van der Waals surface area (Å²) < 4.78 is 11.6. The normalized spacial score (nSPS) is 17.4. The van der Waals surface area contributed by atoms with E-state index in [1.54, 1.807) is 4.90 Å². The van der Waals surface area contributed by atoms with Crippen molar-refractivity contribution in [3.05, 3.63) is 58.8 Å². The van der Waals surface area contributed by atoms with E-state index in [9.17, 15) is 4.79 Å². The van der Waals surface area contributed by atoms with Gasteiger partial charge in [0.1, 0.15) is 11.9 Å². The second-order valence-corrected chi connectivity index (χ2v) is 7.12. The van der Waals surface area contributed by atoms with E-state index in [2.05, 4.69) is 18.2 Å². The Morgan fingerprint density at radius 2 is 2.00 bits per heavy atom. The summed E-state index contributed by atoms with van der Waals surface area (Å²) >= 11 is 6.43. The molecule has 3 aromatic rings. The predicted octanol–water partition coefficient (Wildman–Crippen LogP) is 3.78. The van der Waals surface area contributed by atoms with Crippen molar-refractivity contribution in [3.63, 3.8) is 0 Å². The standard InChI is InChI=1S/C21H21ClN2O3/c22-19-11-16(9-17-10-18(5-6-23)27-21(17)19)14-1-3-15(4-2-14)20-12-24(13-25)7-8-26-20/h1-4,9-11,13,20H,5-8,12,23H2. The van der Waals surface area contributed by atoms with Crippen molar-refractivity contribution in [1.82, 2.24) is 4.90 Å². The molecule has 0 saturated carbocycles. The number of fused-ring (bicyclic) bond motifs is 1. The summed E-state index contributed by atoms with van der Waals surface area (Å²) in [6, 6.07) is 14.2. The first kappa shape index (κ1) is 18.0. The number of morpholine rings is 1. The lowest BCUT2D eigenvalue weighted by molar-refractivity contribution is -0.125. The average Bonchev–Trinajstić information content (AvgIpc) is 3.12. The first-order valence-corrected chi connectivity index (χ1v) is 9.39. The Labute approximate surface area is 162 Å². The molecule has 2 N–H and O–H groups in total. The molecule has 1 unspecified atom stereocenters. The van der Waals surface area contributed by atoms with Gasteiger partial charge in [0.15, 0.2) is 5.58 Å². The molecule has 1 amide bonds. The van der Waals surface area contributed by atoms with Crippen molar-refractivity contribution in [2.75, 3.05) is 26.2 Å². The molecule has 4 rings (SSSR count). The lowest BCUT2D eigenvalue weighted by Gasteiger charge is -2.30. The molecular formula is C21H21ClN2O3. The molecule has 0 spiro atoms. The lowest BCUT2D eigenvalue weighted by Crippen LogP contribution is -2.37. The van der Waals surface area contributed by atoms with Gasteiger partial charge in [-0.2, -0.15) is 0 Å². The van der Waals surface area contributed by atoms with Gasteiger partial charge in [0, 0.05) is 18.4 Å². The minimum atomic E-state index is -0.0863. The number of nitrogens with two attached hydrogens (primary N) is 1. The van der Waals surface area contributed by atoms with Gasteiger partial charge < -0.3 is 19.8 Å². The van der Waals surface area contributed by atoms with Crippen LogP contribution < -0.4 is 5.73 Å². The first-order chi connectivity index (χ1) is 13.2. The Kier molecular flexibility index (Phi) is 5.16. The maximum atomic E-state index is 11.0. The summed E-state index contributed by atoms with van der Waals surface area (Å²) in [7, 11) is 0. The molecule has 1 aliphatic heterocycles. The molecule has 0 aliphatic carbocycles. The van der Waals surface area contributed by atoms with Gasteiger partial charge in [0.05, 0.1) is 18.2 Å². The molecular weight excluding hydrogens is 364 g/mol. The summed E-state index contributed by atoms with van der Waals surface area (Å²) in [5.74, 6) is 0.844. The van der Waals surface area contributed by atoms with Gasteiger partial charge in [-0.15, -0.1) is 0 Å². The van der Waals surface area contributed by atoms with Crippen LogP contribution in [0.1, 0.15) is 17.4 Å². The largest absolute Gasteiger partial charge is 0.459 e. The third-order valence-electron chi connectivity index (χ3n) is 4.88. The van der Waals surface area contributed by atoms with Crippen LogP contribution in [0.4, 0.5) is 0 Å². The Balaban J connectivity index is 1.60. The Hall–Kier alpha value is -2.34.